The Balaban J connectivity index is 0.00000441. The number of primary sulfonamides is 1. The number of thiophene rings is 1. The van der Waals surface area contributed by atoms with Gasteiger partial charge in [-0.05, 0) is 25.5 Å². The van der Waals surface area contributed by atoms with Gasteiger partial charge in [0.15, 0.2) is 5.96 Å². The van der Waals surface area contributed by atoms with Crippen LogP contribution in [0.15, 0.2) is 21.3 Å². The number of hydrogen-bond donors (Lipinski definition) is 3. The number of rotatable bonds is 8. The van der Waals surface area contributed by atoms with E-state index in [0.29, 0.717) is 19.1 Å². The molecule has 1 heterocycles. The average molecular weight is 462 g/mol. The molecule has 0 bridgehead atoms. The summed E-state index contributed by atoms with van der Waals surface area (Å²) in [5, 5.41) is 11.4. The second-order valence-electron chi connectivity index (χ2n) is 4.23. The monoisotopic (exact) mass is 462 g/mol. The number of guanidine groups is 1. The topological polar surface area (TPSA) is 106 Å². The molecule has 0 aliphatic carbocycles. The number of nitrogens with zero attached hydrogens (tertiary/aromatic N) is 1. The van der Waals surface area contributed by atoms with Gasteiger partial charge in [-0.15, -0.1) is 35.3 Å². The summed E-state index contributed by atoms with van der Waals surface area (Å²) in [6, 6.07) is 3.23. The lowest BCUT2D eigenvalue weighted by Crippen LogP contribution is -2.38. The Morgan fingerprint density at radius 3 is 2.68 bits per heavy atom. The minimum absolute atomic E-state index is 0. The minimum atomic E-state index is -3.63. The Hall–Kier alpha value is -0.430. The van der Waals surface area contributed by atoms with Crippen LogP contribution in [0.4, 0.5) is 0 Å². The van der Waals surface area contributed by atoms with Crippen molar-refractivity contribution in [2.24, 2.45) is 10.1 Å². The van der Waals surface area contributed by atoms with E-state index in [2.05, 4.69) is 15.6 Å². The maximum absolute atomic E-state index is 11.2. The summed E-state index contributed by atoms with van der Waals surface area (Å²) >= 11 is 1.14. The highest BCUT2D eigenvalue weighted by molar-refractivity contribution is 14.0. The number of hydrogen-bond acceptors (Lipinski definition) is 5. The van der Waals surface area contributed by atoms with Gasteiger partial charge in [-0.1, -0.05) is 0 Å². The van der Waals surface area contributed by atoms with E-state index in [9.17, 15) is 8.42 Å². The summed E-state index contributed by atoms with van der Waals surface area (Å²) < 4.78 is 27.5. The van der Waals surface area contributed by atoms with Crippen LogP contribution in [0.25, 0.3) is 0 Å². The second kappa shape index (κ2) is 11.2. The van der Waals surface area contributed by atoms with Crippen molar-refractivity contribution in [3.05, 3.63) is 17.0 Å². The molecule has 22 heavy (non-hydrogen) atoms. The average Bonchev–Trinajstić information content (AvgIpc) is 2.89. The summed E-state index contributed by atoms with van der Waals surface area (Å²) in [6.45, 7) is 4.58. The van der Waals surface area contributed by atoms with Gasteiger partial charge in [0.1, 0.15) is 4.21 Å². The quantitative estimate of drug-likeness (QED) is 0.232. The van der Waals surface area contributed by atoms with Gasteiger partial charge in [0.05, 0.1) is 6.54 Å². The van der Waals surface area contributed by atoms with Crippen LogP contribution in [0.3, 0.4) is 0 Å². The molecule has 4 N–H and O–H groups in total. The molecule has 0 radical (unpaired) electrons. The molecule has 0 unspecified atom stereocenters. The minimum Gasteiger partial charge on any atom is -0.385 e. The number of nitrogens with two attached hydrogens (primary N) is 1. The zero-order chi connectivity index (χ0) is 15.7. The fourth-order valence-corrected chi connectivity index (χ4v) is 3.22. The third kappa shape index (κ3) is 8.27. The smallest absolute Gasteiger partial charge is 0.247 e. The number of sulfonamides is 1. The molecular formula is C12H23IN4O3S2. The van der Waals surface area contributed by atoms with Crippen molar-refractivity contribution >= 4 is 51.3 Å². The first-order valence-corrected chi connectivity index (χ1v) is 8.96. The molecule has 0 amide bonds. The van der Waals surface area contributed by atoms with Crippen molar-refractivity contribution in [3.8, 4) is 0 Å². The van der Waals surface area contributed by atoms with Crippen LogP contribution in [-0.2, 0) is 21.3 Å². The molecule has 7 nitrogen and oxygen atoms in total. The van der Waals surface area contributed by atoms with Crippen LogP contribution < -0.4 is 15.8 Å². The van der Waals surface area contributed by atoms with E-state index >= 15 is 0 Å². The highest BCUT2D eigenvalue weighted by Gasteiger charge is 2.10. The number of methoxy groups -OCH3 is 1. The number of ether oxygens (including phenoxy) is 1. The molecule has 10 heteroatoms. The van der Waals surface area contributed by atoms with Gasteiger partial charge in [-0.3, -0.25) is 0 Å². The lowest BCUT2D eigenvalue weighted by atomic mass is 10.4. The molecule has 0 aliphatic rings. The van der Waals surface area contributed by atoms with Crippen LogP contribution in [0, 0.1) is 0 Å². The zero-order valence-electron chi connectivity index (χ0n) is 12.7. The van der Waals surface area contributed by atoms with Gasteiger partial charge in [0.25, 0.3) is 0 Å². The fraction of sp³-hybridized carbons (Fsp3) is 0.583. The van der Waals surface area contributed by atoms with E-state index in [4.69, 9.17) is 9.88 Å². The van der Waals surface area contributed by atoms with Gasteiger partial charge in [-0.25, -0.2) is 18.5 Å². The molecule has 0 saturated carbocycles. The maximum atomic E-state index is 11.2. The first kappa shape index (κ1) is 21.6. The van der Waals surface area contributed by atoms with Crippen molar-refractivity contribution in [2.45, 2.75) is 24.1 Å². The first-order valence-electron chi connectivity index (χ1n) is 6.60. The van der Waals surface area contributed by atoms with E-state index in [1.807, 2.05) is 6.92 Å². The lowest BCUT2D eigenvalue weighted by Gasteiger charge is -2.10. The molecule has 0 atom stereocenters. The van der Waals surface area contributed by atoms with E-state index in [0.717, 1.165) is 35.7 Å². The molecule has 0 aliphatic heterocycles. The summed E-state index contributed by atoms with van der Waals surface area (Å²) in [6.07, 6.45) is 0.884. The summed E-state index contributed by atoms with van der Waals surface area (Å²) in [5.74, 6) is 0.694. The fourth-order valence-electron chi connectivity index (χ4n) is 1.52. The second-order valence-corrected chi connectivity index (χ2v) is 7.19. The predicted octanol–water partition coefficient (Wildman–Crippen LogP) is 1.11. The van der Waals surface area contributed by atoms with Crippen LogP contribution in [0.2, 0.25) is 0 Å². The highest BCUT2D eigenvalue weighted by atomic mass is 127. The Morgan fingerprint density at radius 2 is 2.14 bits per heavy atom. The van der Waals surface area contributed by atoms with Gasteiger partial charge >= 0.3 is 0 Å². The molecule has 0 spiro atoms. The lowest BCUT2D eigenvalue weighted by molar-refractivity contribution is 0.195. The van der Waals surface area contributed by atoms with Crippen LogP contribution in [0.1, 0.15) is 18.2 Å². The van der Waals surface area contributed by atoms with E-state index in [-0.39, 0.29) is 28.2 Å². The molecule has 1 aromatic heterocycles. The number of aliphatic imine (C=N–C) groups is 1. The standard InChI is InChI=1S/C12H22N4O3S2.HI/c1-3-14-12(15-7-4-8-19-2)16-9-10-5-6-11(20-10)21(13,17)18;/h5-6H,3-4,7-9H2,1-2H3,(H2,13,17,18)(H2,14,15,16);1H. The van der Waals surface area contributed by atoms with Crippen molar-refractivity contribution in [2.75, 3.05) is 26.8 Å². The van der Waals surface area contributed by atoms with Crippen molar-refractivity contribution in [3.63, 3.8) is 0 Å². The Kier molecular flexibility index (Phi) is 10.9. The third-order valence-electron chi connectivity index (χ3n) is 2.47. The predicted molar refractivity (Wildman–Crippen MR) is 100 cm³/mol. The van der Waals surface area contributed by atoms with E-state index in [1.165, 1.54) is 6.07 Å². The molecule has 128 valence electrons. The Labute approximate surface area is 152 Å². The van der Waals surface area contributed by atoms with E-state index in [1.54, 1.807) is 13.2 Å². The summed E-state index contributed by atoms with van der Waals surface area (Å²) in [4.78, 5) is 5.25. The Bertz CT molecular complexity index is 560. The molecular weight excluding hydrogens is 439 g/mol. The normalized spacial score (nSPS) is 11.9. The van der Waals surface area contributed by atoms with Gasteiger partial charge < -0.3 is 15.4 Å². The molecule has 0 fully saturated rings. The molecule has 1 rings (SSSR count). The molecule has 0 aromatic carbocycles. The summed E-state index contributed by atoms with van der Waals surface area (Å²) in [7, 11) is -1.96. The van der Waals surface area contributed by atoms with Crippen LogP contribution in [-0.4, -0.2) is 41.2 Å². The van der Waals surface area contributed by atoms with Crippen molar-refractivity contribution in [1.82, 2.24) is 10.6 Å². The number of halogens is 1. The van der Waals surface area contributed by atoms with Gasteiger partial charge in [0.2, 0.25) is 10.0 Å². The SMILES string of the molecule is CCNC(=NCc1ccc(S(N)(=O)=O)s1)NCCCOC.I. The zero-order valence-corrected chi connectivity index (χ0v) is 16.6. The van der Waals surface area contributed by atoms with E-state index < -0.39 is 10.0 Å². The van der Waals surface area contributed by atoms with Crippen LogP contribution >= 0.6 is 35.3 Å². The molecule has 0 saturated heterocycles. The van der Waals surface area contributed by atoms with Gasteiger partial charge in [-0.2, -0.15) is 0 Å². The van der Waals surface area contributed by atoms with Crippen LogP contribution in [0.5, 0.6) is 0 Å². The summed E-state index contributed by atoms with van der Waals surface area (Å²) in [5.41, 5.74) is 0. The van der Waals surface area contributed by atoms with Crippen molar-refractivity contribution in [1.29, 1.82) is 0 Å². The number of nitrogens with one attached hydrogen (secondary N) is 2. The molecule has 1 aromatic rings. The first-order chi connectivity index (χ1) is 9.97. The Morgan fingerprint density at radius 1 is 1.41 bits per heavy atom. The third-order valence-corrected chi connectivity index (χ3v) is 4.98. The highest BCUT2D eigenvalue weighted by Crippen LogP contribution is 2.20. The largest absolute Gasteiger partial charge is 0.385 e. The van der Waals surface area contributed by atoms with Gasteiger partial charge in [0, 0.05) is 31.7 Å². The maximum Gasteiger partial charge on any atom is 0.247 e. The van der Waals surface area contributed by atoms with Crippen molar-refractivity contribution < 1.29 is 13.2 Å².